The largest absolute Gasteiger partial charge is 0.305 e. The van der Waals surface area contributed by atoms with Crippen LogP contribution in [0.4, 0.5) is 0 Å². The number of hydrogen-bond acceptors (Lipinski definition) is 3. The van der Waals surface area contributed by atoms with Gasteiger partial charge in [0.05, 0.1) is 0 Å². The second-order valence-corrected chi connectivity index (χ2v) is 5.64. The summed E-state index contributed by atoms with van der Waals surface area (Å²) in [5.41, 5.74) is 1.33. The fourth-order valence-corrected chi connectivity index (χ4v) is 3.06. The number of likely N-dealkylation sites (N-methyl/N-ethyl adjacent to an activating group) is 1. The number of pyridine rings is 1. The maximum absolute atomic E-state index is 4.20. The van der Waals surface area contributed by atoms with Crippen LogP contribution in [-0.2, 0) is 6.54 Å². The molecule has 0 bridgehead atoms. The molecule has 2 rings (SSSR count). The third-order valence-electron chi connectivity index (χ3n) is 3.93. The first kappa shape index (κ1) is 19.7. The Morgan fingerprint density at radius 2 is 2.05 bits per heavy atom. The molecule has 0 spiro atoms. The molecule has 0 unspecified atom stereocenters. The molecular weight excluding hydrogens is 293 g/mol. The predicted octanol–water partition coefficient (Wildman–Crippen LogP) is 3.09. The third kappa shape index (κ3) is 5.21. The predicted molar refractivity (Wildman–Crippen MR) is 89.9 cm³/mol. The van der Waals surface area contributed by atoms with Gasteiger partial charge in [0.25, 0.3) is 0 Å². The van der Waals surface area contributed by atoms with E-state index in [1.807, 2.05) is 18.5 Å². The lowest BCUT2D eigenvalue weighted by Gasteiger charge is -2.24. The Morgan fingerprint density at radius 3 is 2.60 bits per heavy atom. The highest BCUT2D eigenvalue weighted by Gasteiger charge is 2.33. The molecule has 1 aromatic heterocycles. The molecule has 1 aliphatic rings. The number of nitrogens with zero attached hydrogens (tertiary/aromatic N) is 3. The molecule has 2 atom stereocenters. The van der Waals surface area contributed by atoms with E-state index in [1.165, 1.54) is 31.5 Å². The molecule has 1 saturated heterocycles. The monoisotopic (exact) mass is 319 g/mol. The van der Waals surface area contributed by atoms with Gasteiger partial charge in [-0.3, -0.25) is 9.88 Å². The number of likely N-dealkylation sites (tertiary alicyclic amines) is 1. The Kier molecular flexibility index (Phi) is 9.39. The fourth-order valence-electron chi connectivity index (χ4n) is 3.06. The summed E-state index contributed by atoms with van der Waals surface area (Å²) >= 11 is 0. The lowest BCUT2D eigenvalue weighted by atomic mass is 9.98. The average molecular weight is 320 g/mol. The highest BCUT2D eigenvalue weighted by atomic mass is 35.5. The van der Waals surface area contributed by atoms with E-state index >= 15 is 0 Å². The summed E-state index contributed by atoms with van der Waals surface area (Å²) in [6.45, 7) is 5.74. The van der Waals surface area contributed by atoms with E-state index in [0.29, 0.717) is 6.04 Å². The number of halogens is 2. The minimum absolute atomic E-state index is 0. The summed E-state index contributed by atoms with van der Waals surface area (Å²) < 4.78 is 0. The Bertz CT molecular complexity index is 359. The van der Waals surface area contributed by atoms with Crippen molar-refractivity contribution in [3.05, 3.63) is 30.1 Å². The van der Waals surface area contributed by atoms with E-state index in [2.05, 4.69) is 41.9 Å². The summed E-state index contributed by atoms with van der Waals surface area (Å²) in [4.78, 5) is 9.16. The van der Waals surface area contributed by atoms with E-state index < -0.39 is 0 Å². The maximum Gasteiger partial charge on any atom is 0.0312 e. The topological polar surface area (TPSA) is 19.4 Å². The second kappa shape index (κ2) is 9.56. The average Bonchev–Trinajstić information content (AvgIpc) is 2.74. The first-order valence-corrected chi connectivity index (χ1v) is 6.98. The summed E-state index contributed by atoms with van der Waals surface area (Å²) in [6, 6.07) is 4.91. The minimum Gasteiger partial charge on any atom is -0.305 e. The van der Waals surface area contributed by atoms with Crippen LogP contribution < -0.4 is 0 Å². The summed E-state index contributed by atoms with van der Waals surface area (Å²) in [6.07, 6.45) is 6.45. The minimum atomic E-state index is 0. The van der Waals surface area contributed by atoms with Crippen LogP contribution >= 0.6 is 24.8 Å². The van der Waals surface area contributed by atoms with Crippen molar-refractivity contribution in [3.8, 4) is 0 Å². The fraction of sp³-hybridized carbons (Fsp3) is 0.667. The molecule has 3 nitrogen and oxygen atoms in total. The van der Waals surface area contributed by atoms with Crippen LogP contribution in [0.5, 0.6) is 0 Å². The van der Waals surface area contributed by atoms with Crippen molar-refractivity contribution in [2.75, 3.05) is 27.2 Å². The van der Waals surface area contributed by atoms with Crippen molar-refractivity contribution in [2.45, 2.75) is 32.4 Å². The molecule has 0 aliphatic carbocycles. The SMILES string of the molecule is CCC[C@H]1CN(Cc2cccnc2)C[C@@H]1N(C)C.Cl.Cl. The molecule has 1 fully saturated rings. The highest BCUT2D eigenvalue weighted by Crippen LogP contribution is 2.25. The van der Waals surface area contributed by atoms with E-state index in [-0.39, 0.29) is 24.8 Å². The normalized spacial score (nSPS) is 22.4. The molecule has 1 aromatic rings. The number of aromatic nitrogens is 1. The highest BCUT2D eigenvalue weighted by molar-refractivity contribution is 5.85. The van der Waals surface area contributed by atoms with E-state index in [0.717, 1.165) is 12.5 Å². The van der Waals surface area contributed by atoms with E-state index in [4.69, 9.17) is 0 Å². The van der Waals surface area contributed by atoms with Gasteiger partial charge in [-0.15, -0.1) is 24.8 Å². The smallest absolute Gasteiger partial charge is 0.0312 e. The zero-order valence-corrected chi connectivity index (χ0v) is 14.3. The molecule has 20 heavy (non-hydrogen) atoms. The molecule has 2 heterocycles. The van der Waals surface area contributed by atoms with Gasteiger partial charge in [0.1, 0.15) is 0 Å². The zero-order chi connectivity index (χ0) is 13.0. The zero-order valence-electron chi connectivity index (χ0n) is 12.7. The van der Waals surface area contributed by atoms with Crippen molar-refractivity contribution in [1.82, 2.24) is 14.8 Å². The van der Waals surface area contributed by atoms with Gasteiger partial charge >= 0.3 is 0 Å². The molecule has 0 N–H and O–H groups in total. The second-order valence-electron chi connectivity index (χ2n) is 5.64. The van der Waals surface area contributed by atoms with Crippen molar-refractivity contribution < 1.29 is 0 Å². The Labute approximate surface area is 135 Å². The Hall–Kier alpha value is -0.350. The van der Waals surface area contributed by atoms with Gasteiger partial charge in [-0.05, 0) is 38.1 Å². The van der Waals surface area contributed by atoms with Gasteiger partial charge in [-0.2, -0.15) is 0 Å². The van der Waals surface area contributed by atoms with Crippen molar-refractivity contribution in [3.63, 3.8) is 0 Å². The molecule has 1 aliphatic heterocycles. The van der Waals surface area contributed by atoms with E-state index in [1.54, 1.807) is 0 Å². The Morgan fingerprint density at radius 1 is 1.30 bits per heavy atom. The maximum atomic E-state index is 4.20. The van der Waals surface area contributed by atoms with Crippen LogP contribution in [0.3, 0.4) is 0 Å². The molecule has 0 aromatic carbocycles. The van der Waals surface area contributed by atoms with Crippen molar-refractivity contribution in [1.29, 1.82) is 0 Å². The number of rotatable bonds is 5. The van der Waals surface area contributed by atoms with Crippen LogP contribution in [0.1, 0.15) is 25.3 Å². The Balaban J connectivity index is 0.00000180. The molecule has 0 radical (unpaired) electrons. The molecule has 5 heteroatoms. The quantitative estimate of drug-likeness (QED) is 0.831. The van der Waals surface area contributed by atoms with Crippen LogP contribution in [0.25, 0.3) is 0 Å². The molecule has 0 saturated carbocycles. The summed E-state index contributed by atoms with van der Waals surface area (Å²) in [5.74, 6) is 0.821. The van der Waals surface area contributed by atoms with Crippen LogP contribution in [0.15, 0.2) is 24.5 Å². The van der Waals surface area contributed by atoms with Gasteiger partial charge < -0.3 is 4.90 Å². The van der Waals surface area contributed by atoms with Crippen molar-refractivity contribution in [2.24, 2.45) is 5.92 Å². The first-order valence-electron chi connectivity index (χ1n) is 6.98. The standard InChI is InChI=1S/C15H25N3.2ClH/c1-4-6-14-11-18(12-15(14)17(2)3)10-13-7-5-8-16-9-13;;/h5,7-9,14-15H,4,6,10-12H2,1-3H3;2*1H/t14-,15-;;/m0../s1. The van der Waals surface area contributed by atoms with Crippen LogP contribution in [0.2, 0.25) is 0 Å². The third-order valence-corrected chi connectivity index (χ3v) is 3.93. The lowest BCUT2D eigenvalue weighted by Crippen LogP contribution is -2.35. The molecule has 0 amide bonds. The van der Waals surface area contributed by atoms with Crippen LogP contribution in [-0.4, -0.2) is 48.0 Å². The van der Waals surface area contributed by atoms with Crippen LogP contribution in [0, 0.1) is 5.92 Å². The van der Waals surface area contributed by atoms with Crippen molar-refractivity contribution >= 4 is 24.8 Å². The number of hydrogen-bond donors (Lipinski definition) is 0. The van der Waals surface area contributed by atoms with Gasteiger partial charge in [0.2, 0.25) is 0 Å². The van der Waals surface area contributed by atoms with E-state index in [9.17, 15) is 0 Å². The van der Waals surface area contributed by atoms with Gasteiger partial charge in [0, 0.05) is 38.1 Å². The lowest BCUT2D eigenvalue weighted by molar-refractivity contribution is 0.239. The molecular formula is C15H27Cl2N3. The van der Waals surface area contributed by atoms with Gasteiger partial charge in [-0.1, -0.05) is 19.4 Å². The van der Waals surface area contributed by atoms with Gasteiger partial charge in [-0.25, -0.2) is 0 Å². The summed E-state index contributed by atoms with van der Waals surface area (Å²) in [7, 11) is 4.42. The first-order chi connectivity index (χ1) is 8.70. The summed E-state index contributed by atoms with van der Waals surface area (Å²) in [5, 5.41) is 0. The van der Waals surface area contributed by atoms with Gasteiger partial charge in [0.15, 0.2) is 0 Å². The molecule has 116 valence electrons.